The molecule has 13 heavy (non-hydrogen) atoms. The first-order valence-electron chi connectivity index (χ1n) is 5.05. The van der Waals surface area contributed by atoms with E-state index in [1.165, 1.54) is 19.4 Å². The lowest BCUT2D eigenvalue weighted by molar-refractivity contribution is 0.123. The lowest BCUT2D eigenvalue weighted by Gasteiger charge is -2.27. The van der Waals surface area contributed by atoms with Crippen LogP contribution < -0.4 is 0 Å². The molecule has 1 atom stereocenters. The number of hydrogen-bond donors (Lipinski definition) is 0. The Morgan fingerprint density at radius 1 is 1.38 bits per heavy atom. The molecular formula is C10H22BrNO. The summed E-state index contributed by atoms with van der Waals surface area (Å²) in [5.41, 5.74) is 0. The molecule has 0 aliphatic heterocycles. The fourth-order valence-corrected chi connectivity index (χ4v) is 1.53. The van der Waals surface area contributed by atoms with Gasteiger partial charge in [0.15, 0.2) is 0 Å². The van der Waals surface area contributed by atoms with E-state index >= 15 is 0 Å². The van der Waals surface area contributed by atoms with Crippen LogP contribution in [0, 0.1) is 0 Å². The standard InChI is InChI=1S/C10H22BrNO/c1-4-10(2)12(7-5-6-11)8-9-13-3/h10H,4-9H2,1-3H3. The van der Waals surface area contributed by atoms with E-state index in [1.807, 2.05) is 0 Å². The molecular weight excluding hydrogens is 230 g/mol. The van der Waals surface area contributed by atoms with Crippen LogP contribution in [0.25, 0.3) is 0 Å². The van der Waals surface area contributed by atoms with E-state index in [0.717, 1.165) is 18.5 Å². The number of hydrogen-bond acceptors (Lipinski definition) is 2. The molecule has 0 saturated carbocycles. The van der Waals surface area contributed by atoms with Gasteiger partial charge in [0.1, 0.15) is 0 Å². The molecule has 0 aromatic heterocycles. The third-order valence-electron chi connectivity index (χ3n) is 2.38. The lowest BCUT2D eigenvalue weighted by atomic mass is 10.2. The van der Waals surface area contributed by atoms with Crippen LogP contribution in [0.5, 0.6) is 0 Å². The van der Waals surface area contributed by atoms with Crippen LogP contribution in [0.2, 0.25) is 0 Å². The number of alkyl halides is 1. The third kappa shape index (κ3) is 6.47. The summed E-state index contributed by atoms with van der Waals surface area (Å²) >= 11 is 3.46. The fourth-order valence-electron chi connectivity index (χ4n) is 1.28. The molecule has 0 N–H and O–H groups in total. The normalized spacial score (nSPS) is 13.6. The first kappa shape index (κ1) is 13.4. The molecule has 0 aliphatic rings. The zero-order valence-electron chi connectivity index (χ0n) is 9.05. The van der Waals surface area contributed by atoms with Crippen LogP contribution in [-0.2, 0) is 4.74 Å². The van der Waals surface area contributed by atoms with Crippen molar-refractivity contribution in [3.05, 3.63) is 0 Å². The van der Waals surface area contributed by atoms with Gasteiger partial charge < -0.3 is 4.74 Å². The Hall–Kier alpha value is 0.400. The second-order valence-electron chi connectivity index (χ2n) is 3.33. The Kier molecular flexibility index (Phi) is 9.25. The van der Waals surface area contributed by atoms with Crippen molar-refractivity contribution >= 4 is 15.9 Å². The van der Waals surface area contributed by atoms with Crippen molar-refractivity contribution in [1.82, 2.24) is 4.90 Å². The minimum atomic E-state index is 0.675. The predicted molar refractivity (Wildman–Crippen MR) is 61.6 cm³/mol. The smallest absolute Gasteiger partial charge is 0.0589 e. The second-order valence-corrected chi connectivity index (χ2v) is 4.12. The Labute approximate surface area is 90.8 Å². The molecule has 0 radical (unpaired) electrons. The monoisotopic (exact) mass is 251 g/mol. The van der Waals surface area contributed by atoms with Crippen molar-refractivity contribution in [3.63, 3.8) is 0 Å². The average Bonchev–Trinajstić information content (AvgIpc) is 2.17. The van der Waals surface area contributed by atoms with Gasteiger partial charge >= 0.3 is 0 Å². The summed E-state index contributed by atoms with van der Waals surface area (Å²) in [7, 11) is 1.76. The molecule has 0 heterocycles. The molecule has 0 aliphatic carbocycles. The Morgan fingerprint density at radius 3 is 2.54 bits per heavy atom. The van der Waals surface area contributed by atoms with Crippen molar-refractivity contribution in [3.8, 4) is 0 Å². The summed E-state index contributed by atoms with van der Waals surface area (Å²) < 4.78 is 5.09. The highest BCUT2D eigenvalue weighted by molar-refractivity contribution is 9.09. The zero-order valence-corrected chi connectivity index (χ0v) is 10.6. The SMILES string of the molecule is CCC(C)N(CCCBr)CCOC. The molecule has 0 saturated heterocycles. The van der Waals surface area contributed by atoms with Gasteiger partial charge in [0.05, 0.1) is 6.61 Å². The van der Waals surface area contributed by atoms with E-state index in [-0.39, 0.29) is 0 Å². The summed E-state index contributed by atoms with van der Waals surface area (Å²) in [6.45, 7) is 7.58. The highest BCUT2D eigenvalue weighted by Gasteiger charge is 2.10. The van der Waals surface area contributed by atoms with Crippen molar-refractivity contribution < 1.29 is 4.74 Å². The molecule has 1 unspecified atom stereocenters. The highest BCUT2D eigenvalue weighted by atomic mass is 79.9. The topological polar surface area (TPSA) is 12.5 Å². The summed E-state index contributed by atoms with van der Waals surface area (Å²) in [4.78, 5) is 2.49. The van der Waals surface area contributed by atoms with Crippen LogP contribution in [0.1, 0.15) is 26.7 Å². The zero-order chi connectivity index (χ0) is 10.1. The first-order chi connectivity index (χ1) is 6.26. The molecule has 0 rings (SSSR count). The Morgan fingerprint density at radius 2 is 2.08 bits per heavy atom. The Bertz CT molecular complexity index is 103. The minimum Gasteiger partial charge on any atom is -0.383 e. The molecule has 80 valence electrons. The van der Waals surface area contributed by atoms with Gasteiger partial charge in [-0.1, -0.05) is 22.9 Å². The van der Waals surface area contributed by atoms with Gasteiger partial charge in [-0.25, -0.2) is 0 Å². The highest BCUT2D eigenvalue weighted by Crippen LogP contribution is 2.04. The molecule has 0 aromatic carbocycles. The average molecular weight is 252 g/mol. The van der Waals surface area contributed by atoms with Gasteiger partial charge in [-0.15, -0.1) is 0 Å². The Balaban J connectivity index is 3.72. The van der Waals surface area contributed by atoms with Gasteiger partial charge in [0.25, 0.3) is 0 Å². The van der Waals surface area contributed by atoms with E-state index in [9.17, 15) is 0 Å². The summed E-state index contributed by atoms with van der Waals surface area (Å²) in [6.07, 6.45) is 2.43. The van der Waals surface area contributed by atoms with E-state index < -0.39 is 0 Å². The predicted octanol–water partition coefficient (Wildman–Crippen LogP) is 2.52. The van der Waals surface area contributed by atoms with Crippen LogP contribution in [-0.4, -0.2) is 43.1 Å². The molecule has 0 fully saturated rings. The number of nitrogens with zero attached hydrogens (tertiary/aromatic N) is 1. The van der Waals surface area contributed by atoms with Gasteiger partial charge in [0, 0.05) is 25.0 Å². The molecule has 0 amide bonds. The quantitative estimate of drug-likeness (QED) is 0.615. The summed E-state index contributed by atoms with van der Waals surface area (Å²) in [5, 5.41) is 1.09. The number of halogens is 1. The molecule has 0 spiro atoms. The van der Waals surface area contributed by atoms with Crippen molar-refractivity contribution in [1.29, 1.82) is 0 Å². The number of rotatable bonds is 8. The van der Waals surface area contributed by atoms with Gasteiger partial charge in [-0.2, -0.15) is 0 Å². The van der Waals surface area contributed by atoms with Gasteiger partial charge in [0.2, 0.25) is 0 Å². The summed E-state index contributed by atoms with van der Waals surface area (Å²) in [5.74, 6) is 0. The van der Waals surface area contributed by atoms with Gasteiger partial charge in [-0.3, -0.25) is 4.90 Å². The van der Waals surface area contributed by atoms with E-state index in [4.69, 9.17) is 4.74 Å². The van der Waals surface area contributed by atoms with Crippen molar-refractivity contribution in [2.75, 3.05) is 32.1 Å². The van der Waals surface area contributed by atoms with Crippen LogP contribution in [0.15, 0.2) is 0 Å². The largest absolute Gasteiger partial charge is 0.383 e. The van der Waals surface area contributed by atoms with Crippen molar-refractivity contribution in [2.24, 2.45) is 0 Å². The maximum Gasteiger partial charge on any atom is 0.0589 e. The summed E-state index contributed by atoms with van der Waals surface area (Å²) in [6, 6.07) is 0.675. The molecule has 0 aromatic rings. The first-order valence-corrected chi connectivity index (χ1v) is 6.17. The third-order valence-corrected chi connectivity index (χ3v) is 2.94. The van der Waals surface area contributed by atoms with E-state index in [0.29, 0.717) is 6.04 Å². The number of ether oxygens (including phenoxy) is 1. The van der Waals surface area contributed by atoms with Crippen molar-refractivity contribution in [2.45, 2.75) is 32.7 Å². The maximum absolute atomic E-state index is 5.09. The maximum atomic E-state index is 5.09. The van der Waals surface area contributed by atoms with E-state index in [2.05, 4.69) is 34.7 Å². The van der Waals surface area contributed by atoms with E-state index in [1.54, 1.807) is 7.11 Å². The molecule has 2 nitrogen and oxygen atoms in total. The van der Waals surface area contributed by atoms with Crippen LogP contribution in [0.3, 0.4) is 0 Å². The molecule has 3 heteroatoms. The van der Waals surface area contributed by atoms with Crippen LogP contribution in [0.4, 0.5) is 0 Å². The van der Waals surface area contributed by atoms with Crippen LogP contribution >= 0.6 is 15.9 Å². The second kappa shape index (κ2) is 8.97. The lowest BCUT2D eigenvalue weighted by Crippen LogP contribution is -2.36. The fraction of sp³-hybridized carbons (Fsp3) is 1.00. The number of methoxy groups -OCH3 is 1. The molecule has 0 bridgehead atoms. The van der Waals surface area contributed by atoms with Gasteiger partial charge in [-0.05, 0) is 26.3 Å². The minimum absolute atomic E-state index is 0.675.